The van der Waals surface area contributed by atoms with Crippen LogP contribution >= 0.6 is 34.5 Å². The molecule has 7 nitrogen and oxygen atoms in total. The number of alkyl halides is 1. The first-order valence-electron chi connectivity index (χ1n) is 10.3. The molecular weight excluding hydrogens is 459 g/mol. The number of esters is 1. The Bertz CT molecular complexity index is 899. The monoisotopic (exact) mass is 486 g/mol. The number of halogens is 2. The van der Waals surface area contributed by atoms with Crippen LogP contribution in [0.15, 0.2) is 17.2 Å². The molecule has 170 valence electrons. The van der Waals surface area contributed by atoms with Gasteiger partial charge in [0.05, 0.1) is 24.7 Å². The number of hydrogen-bond acceptors (Lipinski definition) is 6. The molecule has 1 saturated heterocycles. The zero-order valence-corrected chi connectivity index (χ0v) is 20.5. The lowest BCUT2D eigenvalue weighted by molar-refractivity contribution is -0.146. The molecular formula is C21H28Cl2N4O3S. The zero-order chi connectivity index (χ0) is 22.7. The summed E-state index contributed by atoms with van der Waals surface area (Å²) in [5.41, 5.74) is 1.90. The first-order chi connectivity index (χ1) is 14.7. The molecule has 0 bridgehead atoms. The number of amides is 2. The van der Waals surface area contributed by atoms with Gasteiger partial charge in [0.1, 0.15) is 6.04 Å². The molecule has 3 rings (SSSR count). The number of nitrogens with zero attached hydrogens (tertiary/aromatic N) is 3. The maximum absolute atomic E-state index is 12.4. The molecule has 2 aliphatic rings. The smallest absolute Gasteiger partial charge is 0.330 e. The van der Waals surface area contributed by atoms with E-state index >= 15 is 0 Å². The van der Waals surface area contributed by atoms with Crippen LogP contribution in [-0.2, 0) is 16.0 Å². The van der Waals surface area contributed by atoms with Gasteiger partial charge < -0.3 is 19.9 Å². The second kappa shape index (κ2) is 10.2. The van der Waals surface area contributed by atoms with E-state index in [0.717, 1.165) is 22.8 Å². The minimum Gasteiger partial charge on any atom is -0.467 e. The molecule has 1 N–H and O–H groups in total. The highest BCUT2D eigenvalue weighted by atomic mass is 35.5. The van der Waals surface area contributed by atoms with Crippen LogP contribution in [0.3, 0.4) is 0 Å². The number of carbonyl (C=O) groups is 2. The Morgan fingerprint density at radius 1 is 1.39 bits per heavy atom. The lowest BCUT2D eigenvalue weighted by Crippen LogP contribution is -2.60. The second-order valence-electron chi connectivity index (χ2n) is 7.99. The zero-order valence-electron chi connectivity index (χ0n) is 18.2. The number of ether oxygens (including phenoxy) is 1. The van der Waals surface area contributed by atoms with Gasteiger partial charge in [-0.3, -0.25) is 0 Å². The van der Waals surface area contributed by atoms with Crippen molar-refractivity contribution in [1.82, 2.24) is 15.2 Å². The van der Waals surface area contributed by atoms with Gasteiger partial charge in [-0.05, 0) is 30.4 Å². The number of anilines is 1. The van der Waals surface area contributed by atoms with Gasteiger partial charge in [-0.1, -0.05) is 31.5 Å². The van der Waals surface area contributed by atoms with Crippen molar-refractivity contribution >= 4 is 57.2 Å². The molecule has 1 fully saturated rings. The van der Waals surface area contributed by atoms with E-state index in [4.69, 9.17) is 32.9 Å². The van der Waals surface area contributed by atoms with Crippen molar-refractivity contribution < 1.29 is 14.3 Å². The van der Waals surface area contributed by atoms with Gasteiger partial charge >= 0.3 is 12.0 Å². The minimum absolute atomic E-state index is 0.198. The Morgan fingerprint density at radius 3 is 2.74 bits per heavy atom. The third-order valence-corrected chi connectivity index (χ3v) is 7.33. The number of rotatable bonds is 5. The maximum Gasteiger partial charge on any atom is 0.330 e. The maximum atomic E-state index is 12.4. The highest BCUT2D eigenvalue weighted by Gasteiger charge is 2.37. The number of methoxy groups -OCH3 is 1. The number of allylic oxidation sites excluding steroid dienone is 4. The number of thiazole rings is 1. The topological polar surface area (TPSA) is 74.8 Å². The molecule has 1 aliphatic carbocycles. The van der Waals surface area contributed by atoms with E-state index in [2.05, 4.69) is 30.1 Å². The van der Waals surface area contributed by atoms with E-state index in [1.54, 1.807) is 18.4 Å². The van der Waals surface area contributed by atoms with Gasteiger partial charge in [-0.25, -0.2) is 14.6 Å². The summed E-state index contributed by atoms with van der Waals surface area (Å²) in [5.74, 6) is 0.0229. The van der Waals surface area contributed by atoms with Crippen LogP contribution < -0.4 is 10.2 Å². The number of nitrogens with one attached hydrogen (secondary N) is 1. The molecule has 2 amide bonds. The molecule has 0 spiro atoms. The van der Waals surface area contributed by atoms with Crippen molar-refractivity contribution in [3.05, 3.63) is 27.8 Å². The van der Waals surface area contributed by atoms with Crippen molar-refractivity contribution in [3.63, 3.8) is 0 Å². The molecule has 1 aliphatic heterocycles. The normalized spacial score (nSPS) is 21.6. The third-order valence-electron chi connectivity index (χ3n) is 5.29. The quantitative estimate of drug-likeness (QED) is 0.505. The van der Waals surface area contributed by atoms with Crippen LogP contribution in [0.4, 0.5) is 9.93 Å². The summed E-state index contributed by atoms with van der Waals surface area (Å²) in [6.45, 7) is 5.65. The predicted molar refractivity (Wildman–Crippen MR) is 126 cm³/mol. The summed E-state index contributed by atoms with van der Waals surface area (Å²) in [4.78, 5) is 34.3. The average molecular weight is 487 g/mol. The summed E-state index contributed by atoms with van der Waals surface area (Å²) >= 11 is 14.2. The van der Waals surface area contributed by atoms with Crippen molar-refractivity contribution in [3.8, 4) is 0 Å². The van der Waals surface area contributed by atoms with Gasteiger partial charge in [0, 0.05) is 30.0 Å². The van der Waals surface area contributed by atoms with Crippen LogP contribution in [0, 0.1) is 5.92 Å². The Kier molecular flexibility index (Phi) is 7.88. The molecule has 31 heavy (non-hydrogen) atoms. The van der Waals surface area contributed by atoms with Crippen LogP contribution in [-0.4, -0.2) is 67.1 Å². The van der Waals surface area contributed by atoms with Crippen molar-refractivity contribution in [2.75, 3.05) is 38.7 Å². The highest BCUT2D eigenvalue weighted by molar-refractivity contribution is 7.15. The standard InChI is InChI=1S/C21H28Cl2N4O3S/c1-12(2)9-17-18(13-5-6-14(22)15(23)10-13)25-21(31-17)26-7-8-27(20(29)24-3)16(11-26)19(28)30-4/h5,10,12,14,16H,6-9,11H2,1-4H3,(H,24,29). The van der Waals surface area contributed by atoms with Crippen LogP contribution in [0.5, 0.6) is 0 Å². The third kappa shape index (κ3) is 5.35. The Labute approximate surface area is 197 Å². The molecule has 2 unspecified atom stereocenters. The summed E-state index contributed by atoms with van der Waals surface area (Å²) in [6, 6.07) is -0.988. The van der Waals surface area contributed by atoms with Crippen molar-refractivity contribution in [2.24, 2.45) is 5.92 Å². The molecule has 0 saturated carbocycles. The molecule has 2 atom stereocenters. The number of aromatic nitrogens is 1. The van der Waals surface area contributed by atoms with E-state index in [0.29, 0.717) is 37.0 Å². The summed E-state index contributed by atoms with van der Waals surface area (Å²) in [7, 11) is 2.89. The van der Waals surface area contributed by atoms with Gasteiger partial charge in [0.2, 0.25) is 0 Å². The first kappa shape index (κ1) is 23.9. The Hall–Kier alpha value is -1.77. The van der Waals surface area contributed by atoms with Crippen molar-refractivity contribution in [1.29, 1.82) is 0 Å². The van der Waals surface area contributed by atoms with Gasteiger partial charge in [0.15, 0.2) is 5.13 Å². The molecule has 10 heteroatoms. The fourth-order valence-corrected chi connectivity index (χ4v) is 5.38. The Morgan fingerprint density at radius 2 is 2.13 bits per heavy atom. The van der Waals surface area contributed by atoms with E-state index in [1.807, 2.05) is 6.08 Å². The number of piperazine rings is 1. The van der Waals surface area contributed by atoms with E-state index in [1.165, 1.54) is 16.9 Å². The van der Waals surface area contributed by atoms with Crippen molar-refractivity contribution in [2.45, 2.75) is 38.1 Å². The van der Waals surface area contributed by atoms with Gasteiger partial charge in [-0.15, -0.1) is 22.9 Å². The minimum atomic E-state index is -0.695. The lowest BCUT2D eigenvalue weighted by atomic mass is 10.0. The summed E-state index contributed by atoms with van der Waals surface area (Å²) < 4.78 is 4.95. The SMILES string of the molecule is CNC(=O)N1CCN(c2nc(C3=CCC(Cl)C(Cl)=C3)c(CC(C)C)s2)CC1C(=O)OC. The van der Waals surface area contributed by atoms with Crippen LogP contribution in [0.1, 0.15) is 30.8 Å². The van der Waals surface area contributed by atoms with Gasteiger partial charge in [-0.2, -0.15) is 0 Å². The van der Waals surface area contributed by atoms with Gasteiger partial charge in [0.25, 0.3) is 0 Å². The number of hydrogen-bond donors (Lipinski definition) is 1. The highest BCUT2D eigenvalue weighted by Crippen LogP contribution is 2.37. The van der Waals surface area contributed by atoms with E-state index in [-0.39, 0.29) is 11.4 Å². The fourth-order valence-electron chi connectivity index (χ4n) is 3.70. The summed E-state index contributed by atoms with van der Waals surface area (Å²) in [5, 5.41) is 3.84. The molecule has 2 heterocycles. The Balaban J connectivity index is 1.91. The first-order valence-corrected chi connectivity index (χ1v) is 11.9. The van der Waals surface area contributed by atoms with E-state index < -0.39 is 12.0 Å². The van der Waals surface area contributed by atoms with E-state index in [9.17, 15) is 9.59 Å². The predicted octanol–water partition coefficient (Wildman–Crippen LogP) is 3.86. The average Bonchev–Trinajstić information content (AvgIpc) is 3.17. The molecule has 1 aromatic heterocycles. The number of urea groups is 1. The molecule has 0 aromatic carbocycles. The summed E-state index contributed by atoms with van der Waals surface area (Å²) in [6.07, 6.45) is 5.52. The molecule has 1 aromatic rings. The second-order valence-corrected chi connectivity index (χ2v) is 10.0. The largest absolute Gasteiger partial charge is 0.467 e. The lowest BCUT2D eigenvalue weighted by Gasteiger charge is -2.39. The van der Waals surface area contributed by atoms with Crippen LogP contribution in [0.25, 0.3) is 5.57 Å². The number of carbonyl (C=O) groups excluding carboxylic acids is 2. The fraction of sp³-hybridized carbons (Fsp3) is 0.571. The van der Waals surface area contributed by atoms with Crippen LogP contribution in [0.2, 0.25) is 0 Å². The molecule has 0 radical (unpaired) electrons.